The summed E-state index contributed by atoms with van der Waals surface area (Å²) in [5.41, 5.74) is 2.93. The van der Waals surface area contributed by atoms with Gasteiger partial charge in [-0.15, -0.1) is 10.2 Å². The molecule has 100 valence electrons. The molecular formula is C15H20N4. The third kappa shape index (κ3) is 2.68. The van der Waals surface area contributed by atoms with E-state index in [4.69, 9.17) is 0 Å². The first-order chi connectivity index (χ1) is 9.25. The molecule has 1 N–H and O–H groups in total. The number of nitrogens with zero attached hydrogens (tertiary/aromatic N) is 3. The van der Waals surface area contributed by atoms with Crippen LogP contribution in [0.25, 0.3) is 0 Å². The molecular weight excluding hydrogens is 236 g/mol. The molecule has 0 spiro atoms. The second-order valence-electron chi connectivity index (χ2n) is 5.38. The molecule has 1 saturated carbocycles. The van der Waals surface area contributed by atoms with Gasteiger partial charge >= 0.3 is 0 Å². The van der Waals surface area contributed by atoms with Crippen molar-refractivity contribution in [3.8, 4) is 0 Å². The van der Waals surface area contributed by atoms with Gasteiger partial charge in [0.25, 0.3) is 0 Å². The fourth-order valence-corrected chi connectivity index (χ4v) is 2.53. The Morgan fingerprint density at radius 2 is 2.16 bits per heavy atom. The van der Waals surface area contributed by atoms with E-state index in [1.807, 2.05) is 11.6 Å². The van der Waals surface area contributed by atoms with Crippen LogP contribution in [0.5, 0.6) is 0 Å². The zero-order valence-corrected chi connectivity index (χ0v) is 11.5. The van der Waals surface area contributed by atoms with Crippen LogP contribution >= 0.6 is 0 Å². The van der Waals surface area contributed by atoms with Crippen LogP contribution in [0.1, 0.15) is 48.7 Å². The third-order valence-electron chi connectivity index (χ3n) is 3.80. The van der Waals surface area contributed by atoms with Crippen molar-refractivity contribution < 1.29 is 0 Å². The van der Waals surface area contributed by atoms with E-state index in [0.717, 1.165) is 18.3 Å². The Bertz CT molecular complexity index is 557. The summed E-state index contributed by atoms with van der Waals surface area (Å²) in [6, 6.07) is 8.96. The summed E-state index contributed by atoms with van der Waals surface area (Å²) >= 11 is 0. The van der Waals surface area contributed by atoms with E-state index in [-0.39, 0.29) is 6.04 Å². The number of hydrogen-bond acceptors (Lipinski definition) is 3. The van der Waals surface area contributed by atoms with Crippen LogP contribution in [0.4, 0.5) is 0 Å². The zero-order valence-electron chi connectivity index (χ0n) is 11.5. The lowest BCUT2D eigenvalue weighted by atomic mass is 10.0. The Morgan fingerprint density at radius 3 is 2.84 bits per heavy atom. The van der Waals surface area contributed by atoms with Gasteiger partial charge in [-0.3, -0.25) is 0 Å². The van der Waals surface area contributed by atoms with E-state index in [1.165, 1.54) is 24.0 Å². The quantitative estimate of drug-likeness (QED) is 0.894. The molecule has 3 rings (SSSR count). The summed E-state index contributed by atoms with van der Waals surface area (Å²) in [5, 5.41) is 11.6. The molecule has 19 heavy (non-hydrogen) atoms. The Kier molecular flexibility index (Phi) is 3.34. The molecule has 0 amide bonds. The van der Waals surface area contributed by atoms with Crippen LogP contribution in [0.3, 0.4) is 0 Å². The van der Waals surface area contributed by atoms with Crippen LogP contribution in [0.2, 0.25) is 0 Å². The molecule has 0 bridgehead atoms. The van der Waals surface area contributed by atoms with Gasteiger partial charge in [0.2, 0.25) is 0 Å². The van der Waals surface area contributed by atoms with Crippen LogP contribution in [0, 0.1) is 0 Å². The van der Waals surface area contributed by atoms with Crippen molar-refractivity contribution in [1.29, 1.82) is 0 Å². The second kappa shape index (κ2) is 5.13. The second-order valence-corrected chi connectivity index (χ2v) is 5.38. The molecule has 1 heterocycles. The number of benzene rings is 1. The molecule has 0 aliphatic heterocycles. The smallest absolute Gasteiger partial charge is 0.149 e. The molecule has 1 atom stereocenters. The third-order valence-corrected chi connectivity index (χ3v) is 3.80. The van der Waals surface area contributed by atoms with Crippen LogP contribution in [0.15, 0.2) is 30.6 Å². The summed E-state index contributed by atoms with van der Waals surface area (Å²) in [6.07, 6.45) is 4.43. The van der Waals surface area contributed by atoms with Crippen LogP contribution < -0.4 is 5.32 Å². The Balaban J connectivity index is 1.68. The maximum Gasteiger partial charge on any atom is 0.149 e. The predicted molar refractivity (Wildman–Crippen MR) is 74.7 cm³/mol. The van der Waals surface area contributed by atoms with Gasteiger partial charge in [-0.1, -0.05) is 24.3 Å². The van der Waals surface area contributed by atoms with Gasteiger partial charge in [0, 0.05) is 13.6 Å². The van der Waals surface area contributed by atoms with Gasteiger partial charge in [0.15, 0.2) is 0 Å². The molecule has 4 heteroatoms. The Hall–Kier alpha value is -1.68. The van der Waals surface area contributed by atoms with Gasteiger partial charge in [0.1, 0.15) is 12.2 Å². The predicted octanol–water partition coefficient (Wildman–Crippen LogP) is 2.54. The average molecular weight is 256 g/mol. The molecule has 1 aliphatic carbocycles. The SMILES string of the molecule is CC(NCc1ccccc1C1CC1)c1nncn1C. The number of aromatic nitrogens is 3. The highest BCUT2D eigenvalue weighted by Crippen LogP contribution is 2.41. The fourth-order valence-electron chi connectivity index (χ4n) is 2.53. The summed E-state index contributed by atoms with van der Waals surface area (Å²) in [4.78, 5) is 0. The maximum absolute atomic E-state index is 4.15. The molecule has 1 aliphatic rings. The van der Waals surface area contributed by atoms with E-state index in [1.54, 1.807) is 6.33 Å². The van der Waals surface area contributed by atoms with Crippen molar-refractivity contribution in [1.82, 2.24) is 20.1 Å². The number of rotatable bonds is 5. The van der Waals surface area contributed by atoms with Crippen molar-refractivity contribution >= 4 is 0 Å². The van der Waals surface area contributed by atoms with Crippen molar-refractivity contribution in [2.75, 3.05) is 0 Å². The lowest BCUT2D eigenvalue weighted by molar-refractivity contribution is 0.527. The monoisotopic (exact) mass is 256 g/mol. The standard InChI is InChI=1S/C15H20N4/c1-11(15-18-17-10-19(15)2)16-9-13-5-3-4-6-14(13)12-7-8-12/h3-6,10-12,16H,7-9H2,1-2H3. The summed E-state index contributed by atoms with van der Waals surface area (Å²) in [7, 11) is 1.98. The molecule has 0 radical (unpaired) electrons. The summed E-state index contributed by atoms with van der Waals surface area (Å²) in [6.45, 7) is 3.02. The maximum atomic E-state index is 4.15. The first-order valence-corrected chi connectivity index (χ1v) is 6.91. The molecule has 1 unspecified atom stereocenters. The molecule has 1 aromatic carbocycles. The summed E-state index contributed by atoms with van der Waals surface area (Å²) in [5.74, 6) is 1.77. The van der Waals surface area contributed by atoms with E-state index in [2.05, 4.69) is 46.7 Å². The fraction of sp³-hybridized carbons (Fsp3) is 0.467. The lowest BCUT2D eigenvalue weighted by Crippen LogP contribution is -2.21. The van der Waals surface area contributed by atoms with Crippen molar-refractivity contribution in [3.05, 3.63) is 47.5 Å². The van der Waals surface area contributed by atoms with Crippen molar-refractivity contribution in [3.63, 3.8) is 0 Å². The highest BCUT2D eigenvalue weighted by molar-refractivity contribution is 5.33. The first kappa shape index (κ1) is 12.4. The van der Waals surface area contributed by atoms with E-state index >= 15 is 0 Å². The van der Waals surface area contributed by atoms with E-state index in [9.17, 15) is 0 Å². The zero-order chi connectivity index (χ0) is 13.2. The molecule has 0 saturated heterocycles. The van der Waals surface area contributed by atoms with Gasteiger partial charge in [-0.05, 0) is 36.8 Å². The topological polar surface area (TPSA) is 42.7 Å². The molecule has 1 aromatic heterocycles. The van der Waals surface area contributed by atoms with Crippen molar-refractivity contribution in [2.24, 2.45) is 7.05 Å². The summed E-state index contributed by atoms with van der Waals surface area (Å²) < 4.78 is 1.96. The minimum absolute atomic E-state index is 0.208. The van der Waals surface area contributed by atoms with Gasteiger partial charge in [-0.25, -0.2) is 0 Å². The van der Waals surface area contributed by atoms with Crippen molar-refractivity contribution in [2.45, 2.75) is 38.3 Å². The van der Waals surface area contributed by atoms with E-state index < -0.39 is 0 Å². The van der Waals surface area contributed by atoms with E-state index in [0.29, 0.717) is 0 Å². The highest BCUT2D eigenvalue weighted by atomic mass is 15.3. The van der Waals surface area contributed by atoms with Gasteiger partial charge in [0.05, 0.1) is 6.04 Å². The molecule has 1 fully saturated rings. The first-order valence-electron chi connectivity index (χ1n) is 6.91. The number of hydrogen-bond donors (Lipinski definition) is 1. The average Bonchev–Trinajstić information content (AvgIpc) is 3.18. The normalized spacial score (nSPS) is 16.5. The lowest BCUT2D eigenvalue weighted by Gasteiger charge is -2.15. The number of nitrogens with one attached hydrogen (secondary N) is 1. The molecule has 4 nitrogen and oxygen atoms in total. The van der Waals surface area contributed by atoms with Crippen LogP contribution in [-0.4, -0.2) is 14.8 Å². The number of aryl methyl sites for hydroxylation is 1. The largest absolute Gasteiger partial charge is 0.319 e. The molecule has 2 aromatic rings. The Morgan fingerprint density at radius 1 is 1.37 bits per heavy atom. The minimum atomic E-state index is 0.208. The minimum Gasteiger partial charge on any atom is -0.319 e. The van der Waals surface area contributed by atoms with Crippen LogP contribution in [-0.2, 0) is 13.6 Å². The Labute approximate surface area is 113 Å². The van der Waals surface area contributed by atoms with Gasteiger partial charge < -0.3 is 9.88 Å². The van der Waals surface area contributed by atoms with Gasteiger partial charge in [-0.2, -0.15) is 0 Å². The highest BCUT2D eigenvalue weighted by Gasteiger charge is 2.25.